The van der Waals surface area contributed by atoms with Gasteiger partial charge in [0.2, 0.25) is 0 Å². The predicted octanol–water partition coefficient (Wildman–Crippen LogP) is 2.88. The van der Waals surface area contributed by atoms with Crippen molar-refractivity contribution in [2.45, 2.75) is 37.1 Å². The Morgan fingerprint density at radius 2 is 2.04 bits per heavy atom. The highest BCUT2D eigenvalue weighted by molar-refractivity contribution is 5.81. The Balaban J connectivity index is 1.69. The summed E-state index contributed by atoms with van der Waals surface area (Å²) < 4.78 is 54.7. The zero-order valence-electron chi connectivity index (χ0n) is 14.6. The Hall–Kier alpha value is -1.80. The van der Waals surface area contributed by atoms with Crippen molar-refractivity contribution in [2.75, 3.05) is 33.4 Å². The van der Waals surface area contributed by atoms with Crippen molar-refractivity contribution in [1.29, 1.82) is 0 Å². The third kappa shape index (κ3) is 3.81. The van der Waals surface area contributed by atoms with E-state index in [0.717, 1.165) is 12.1 Å². The second kappa shape index (κ2) is 7.44. The Kier molecular flexibility index (Phi) is 5.43. The SMILES string of the molecule is COC(=O)C1(N2CC[C@@H](Oc3cccc(C(F)(F)F)c3)C2)CCOCC1. The number of alkyl halides is 3. The molecule has 2 heterocycles. The fraction of sp³-hybridized carbons (Fsp3) is 0.611. The summed E-state index contributed by atoms with van der Waals surface area (Å²) in [5.41, 5.74) is -1.47. The summed E-state index contributed by atoms with van der Waals surface area (Å²) in [6, 6.07) is 4.87. The number of carbonyl (C=O) groups is 1. The molecule has 0 radical (unpaired) electrons. The molecule has 144 valence electrons. The molecule has 1 aromatic carbocycles. The van der Waals surface area contributed by atoms with E-state index in [2.05, 4.69) is 0 Å². The Morgan fingerprint density at radius 3 is 2.69 bits per heavy atom. The van der Waals surface area contributed by atoms with E-state index >= 15 is 0 Å². The number of hydrogen-bond acceptors (Lipinski definition) is 5. The largest absolute Gasteiger partial charge is 0.489 e. The standard InChI is InChI=1S/C18H22F3NO4/c1-24-16(23)17(6-9-25-10-7-17)22-8-5-15(12-22)26-14-4-2-3-13(11-14)18(19,20)21/h2-4,11,15H,5-10,12H2,1H3/t15-/m1/s1. The molecule has 3 rings (SSSR count). The summed E-state index contributed by atoms with van der Waals surface area (Å²) in [5.74, 6) is -0.105. The smallest absolute Gasteiger partial charge is 0.416 e. The minimum atomic E-state index is -4.40. The first-order chi connectivity index (χ1) is 12.3. The number of halogens is 3. The maximum Gasteiger partial charge on any atom is 0.416 e. The molecule has 0 unspecified atom stereocenters. The first-order valence-corrected chi connectivity index (χ1v) is 8.60. The average Bonchev–Trinajstić information content (AvgIpc) is 3.10. The van der Waals surface area contributed by atoms with Crippen molar-refractivity contribution >= 4 is 5.97 Å². The van der Waals surface area contributed by atoms with Gasteiger partial charge in [-0.05, 0) is 37.5 Å². The molecule has 1 atom stereocenters. The molecule has 0 aliphatic carbocycles. The minimum Gasteiger partial charge on any atom is -0.489 e. The molecule has 8 heteroatoms. The summed E-state index contributed by atoms with van der Waals surface area (Å²) in [7, 11) is 1.37. The van der Waals surface area contributed by atoms with Crippen molar-refractivity contribution in [3.05, 3.63) is 29.8 Å². The lowest BCUT2D eigenvalue weighted by atomic mass is 9.88. The maximum atomic E-state index is 12.8. The monoisotopic (exact) mass is 373 g/mol. The van der Waals surface area contributed by atoms with E-state index < -0.39 is 17.3 Å². The lowest BCUT2D eigenvalue weighted by molar-refractivity contribution is -0.161. The highest BCUT2D eigenvalue weighted by Crippen LogP contribution is 2.35. The molecular weight excluding hydrogens is 351 g/mol. The molecule has 0 amide bonds. The molecule has 2 fully saturated rings. The van der Waals surface area contributed by atoms with Gasteiger partial charge in [0.05, 0.1) is 12.7 Å². The van der Waals surface area contributed by atoms with Crippen LogP contribution in [0.2, 0.25) is 0 Å². The molecule has 0 saturated carbocycles. The number of hydrogen-bond donors (Lipinski definition) is 0. The molecule has 2 aliphatic rings. The number of likely N-dealkylation sites (tertiary alicyclic amines) is 1. The summed E-state index contributed by atoms with van der Waals surface area (Å²) in [6.45, 7) is 2.04. The lowest BCUT2D eigenvalue weighted by Gasteiger charge is -2.41. The lowest BCUT2D eigenvalue weighted by Crippen LogP contribution is -2.57. The van der Waals surface area contributed by atoms with Crippen molar-refractivity contribution < 1.29 is 32.2 Å². The molecule has 0 N–H and O–H groups in total. The highest BCUT2D eigenvalue weighted by atomic mass is 19.4. The van der Waals surface area contributed by atoms with E-state index in [1.807, 2.05) is 4.90 Å². The third-order valence-corrected chi connectivity index (χ3v) is 5.10. The fourth-order valence-electron chi connectivity index (χ4n) is 3.70. The zero-order chi connectivity index (χ0) is 18.8. The molecule has 26 heavy (non-hydrogen) atoms. The number of carbonyl (C=O) groups excluding carboxylic acids is 1. The van der Waals surface area contributed by atoms with Gasteiger partial charge in [-0.3, -0.25) is 9.69 Å². The van der Waals surface area contributed by atoms with Gasteiger partial charge < -0.3 is 14.2 Å². The average molecular weight is 373 g/mol. The highest BCUT2D eigenvalue weighted by Gasteiger charge is 2.49. The van der Waals surface area contributed by atoms with Gasteiger partial charge in [-0.15, -0.1) is 0 Å². The second-order valence-corrected chi connectivity index (χ2v) is 6.64. The van der Waals surface area contributed by atoms with Gasteiger partial charge >= 0.3 is 12.1 Å². The number of ether oxygens (including phenoxy) is 3. The number of nitrogens with zero attached hydrogens (tertiary/aromatic N) is 1. The molecule has 2 saturated heterocycles. The van der Waals surface area contributed by atoms with Gasteiger partial charge in [-0.2, -0.15) is 13.2 Å². The van der Waals surface area contributed by atoms with Crippen molar-refractivity contribution in [3.8, 4) is 5.75 Å². The summed E-state index contributed by atoms with van der Waals surface area (Å²) in [5, 5.41) is 0. The second-order valence-electron chi connectivity index (χ2n) is 6.64. The molecular formula is C18H22F3NO4. The van der Waals surface area contributed by atoms with Crippen LogP contribution in [0.5, 0.6) is 5.75 Å². The molecule has 1 aromatic rings. The number of methoxy groups -OCH3 is 1. The van der Waals surface area contributed by atoms with Crippen LogP contribution in [0.4, 0.5) is 13.2 Å². The first kappa shape index (κ1) is 19.0. The van der Waals surface area contributed by atoms with E-state index in [0.29, 0.717) is 45.6 Å². The molecule has 5 nitrogen and oxygen atoms in total. The van der Waals surface area contributed by atoms with E-state index in [9.17, 15) is 18.0 Å². The van der Waals surface area contributed by atoms with Crippen molar-refractivity contribution in [3.63, 3.8) is 0 Å². The van der Waals surface area contributed by atoms with Crippen LogP contribution in [0.15, 0.2) is 24.3 Å². The van der Waals surface area contributed by atoms with Crippen LogP contribution in [0.1, 0.15) is 24.8 Å². The van der Waals surface area contributed by atoms with Crippen LogP contribution < -0.4 is 4.74 Å². The Labute approximate surface area is 150 Å². The molecule has 0 bridgehead atoms. The van der Waals surface area contributed by atoms with Crippen LogP contribution in [0, 0.1) is 0 Å². The zero-order valence-corrected chi connectivity index (χ0v) is 14.6. The number of rotatable bonds is 4. The van der Waals surface area contributed by atoms with Crippen LogP contribution >= 0.6 is 0 Å². The maximum absolute atomic E-state index is 12.8. The van der Waals surface area contributed by atoms with Gasteiger partial charge in [-0.25, -0.2) is 0 Å². The third-order valence-electron chi connectivity index (χ3n) is 5.10. The quantitative estimate of drug-likeness (QED) is 0.760. The van der Waals surface area contributed by atoms with E-state index in [1.54, 1.807) is 0 Å². The molecule has 2 aliphatic heterocycles. The summed E-state index contributed by atoms with van der Waals surface area (Å²) >= 11 is 0. The fourth-order valence-corrected chi connectivity index (χ4v) is 3.70. The van der Waals surface area contributed by atoms with Gasteiger partial charge in [-0.1, -0.05) is 6.07 Å². The van der Waals surface area contributed by atoms with E-state index in [4.69, 9.17) is 14.2 Å². The summed E-state index contributed by atoms with van der Waals surface area (Å²) in [6.07, 6.45) is -2.97. The minimum absolute atomic E-state index is 0.186. The normalized spacial score (nSPS) is 23.6. The summed E-state index contributed by atoms with van der Waals surface area (Å²) in [4.78, 5) is 14.4. The topological polar surface area (TPSA) is 48.0 Å². The van der Waals surface area contributed by atoms with Gasteiger partial charge in [0.25, 0.3) is 0 Å². The van der Waals surface area contributed by atoms with Crippen LogP contribution in [-0.2, 0) is 20.4 Å². The van der Waals surface area contributed by atoms with E-state index in [-0.39, 0.29) is 17.8 Å². The molecule has 0 spiro atoms. The van der Waals surface area contributed by atoms with Crippen molar-refractivity contribution in [1.82, 2.24) is 4.90 Å². The van der Waals surface area contributed by atoms with Crippen LogP contribution in [0.3, 0.4) is 0 Å². The Morgan fingerprint density at radius 1 is 1.31 bits per heavy atom. The first-order valence-electron chi connectivity index (χ1n) is 8.60. The van der Waals surface area contributed by atoms with Crippen LogP contribution in [0.25, 0.3) is 0 Å². The number of esters is 1. The van der Waals surface area contributed by atoms with E-state index in [1.165, 1.54) is 19.2 Å². The number of benzene rings is 1. The van der Waals surface area contributed by atoms with Crippen LogP contribution in [-0.4, -0.2) is 55.9 Å². The Bertz CT molecular complexity index is 644. The van der Waals surface area contributed by atoms with Gasteiger partial charge in [0.1, 0.15) is 17.4 Å². The van der Waals surface area contributed by atoms with Crippen molar-refractivity contribution in [2.24, 2.45) is 0 Å². The van der Waals surface area contributed by atoms with Gasteiger partial charge in [0, 0.05) is 26.3 Å². The van der Waals surface area contributed by atoms with Gasteiger partial charge in [0.15, 0.2) is 0 Å². The predicted molar refractivity (Wildman–Crippen MR) is 86.9 cm³/mol. The molecule has 0 aromatic heterocycles.